The summed E-state index contributed by atoms with van der Waals surface area (Å²) in [5, 5.41) is 0.685. The molecule has 4 aromatic rings. The van der Waals surface area contributed by atoms with E-state index >= 15 is 0 Å². The molecule has 6 heteroatoms. The molecule has 0 bridgehead atoms. The first-order chi connectivity index (χ1) is 21.0. The van der Waals surface area contributed by atoms with E-state index in [0.29, 0.717) is 36.0 Å². The van der Waals surface area contributed by atoms with Gasteiger partial charge >= 0.3 is 0 Å². The van der Waals surface area contributed by atoms with E-state index in [0.717, 1.165) is 47.5 Å². The SMILES string of the molecule is O=C(Cc1cccc(-c2cccc(Cl)c2)c1)N1CCCc2nc(C3(c4cccc(C5CCCCC5)c4)CC3)[nH]c(=O)c2C1. The number of rotatable bonds is 6. The average molecular weight is 592 g/mol. The Morgan fingerprint density at radius 3 is 2.49 bits per heavy atom. The number of halogens is 1. The van der Waals surface area contributed by atoms with Gasteiger partial charge in [0.2, 0.25) is 5.91 Å². The van der Waals surface area contributed by atoms with Gasteiger partial charge in [0.1, 0.15) is 5.82 Å². The second kappa shape index (κ2) is 11.8. The number of amides is 1. The zero-order valence-electron chi connectivity index (χ0n) is 24.6. The van der Waals surface area contributed by atoms with Crippen molar-refractivity contribution in [3.63, 3.8) is 0 Å². The fourth-order valence-electron chi connectivity index (χ4n) is 7.19. The predicted octanol–water partition coefficient (Wildman–Crippen LogP) is 7.74. The molecular weight excluding hydrogens is 554 g/mol. The molecular formula is C37H38ClN3O2. The van der Waals surface area contributed by atoms with Crippen LogP contribution in [0.1, 0.15) is 91.1 Å². The highest BCUT2D eigenvalue weighted by molar-refractivity contribution is 6.30. The third-order valence-electron chi connectivity index (χ3n) is 9.80. The standard InChI is InChI=1S/C37H38ClN3O2/c38-31-15-6-13-29(23-31)27-11-4-8-25(20-27)21-34(42)41-19-7-16-33-32(24-41)35(43)40-36(39-33)37(17-18-37)30-14-5-12-28(22-30)26-9-2-1-3-10-26/h4-6,8,11-15,20,22-23,26H,1-3,7,9-10,16-19,21,24H2,(H,39,40,43). The maximum Gasteiger partial charge on any atom is 0.256 e. The highest BCUT2D eigenvalue weighted by Crippen LogP contribution is 2.52. The lowest BCUT2D eigenvalue weighted by Crippen LogP contribution is -2.34. The van der Waals surface area contributed by atoms with E-state index < -0.39 is 0 Å². The lowest BCUT2D eigenvalue weighted by Gasteiger charge is -2.24. The summed E-state index contributed by atoms with van der Waals surface area (Å²) in [6.07, 6.45) is 10.3. The number of carbonyl (C=O) groups is 1. The van der Waals surface area contributed by atoms with Gasteiger partial charge in [-0.3, -0.25) is 9.59 Å². The number of hydrogen-bond acceptors (Lipinski definition) is 3. The second-order valence-corrected chi connectivity index (χ2v) is 13.1. The number of aromatic nitrogens is 2. The molecule has 5 nitrogen and oxygen atoms in total. The Kier molecular flexibility index (Phi) is 7.69. The van der Waals surface area contributed by atoms with Crippen molar-refractivity contribution in [2.45, 2.75) is 82.1 Å². The zero-order chi connectivity index (χ0) is 29.4. The molecule has 0 spiro atoms. The van der Waals surface area contributed by atoms with E-state index in [1.165, 1.54) is 43.2 Å². The first-order valence-electron chi connectivity index (χ1n) is 15.8. The molecule has 1 aromatic heterocycles. The minimum absolute atomic E-state index is 0.0257. The molecule has 1 aliphatic heterocycles. The molecule has 0 saturated heterocycles. The van der Waals surface area contributed by atoms with Crippen molar-refractivity contribution in [3.05, 3.63) is 122 Å². The highest BCUT2D eigenvalue weighted by atomic mass is 35.5. The second-order valence-electron chi connectivity index (χ2n) is 12.7. The number of carbonyl (C=O) groups excluding carboxylic acids is 1. The molecule has 43 heavy (non-hydrogen) atoms. The Hall–Kier alpha value is -3.70. The van der Waals surface area contributed by atoms with Gasteiger partial charge < -0.3 is 9.88 Å². The van der Waals surface area contributed by atoms with Crippen molar-refractivity contribution in [1.29, 1.82) is 0 Å². The minimum atomic E-state index is -0.200. The Bertz CT molecular complexity index is 1720. The lowest BCUT2D eigenvalue weighted by molar-refractivity contribution is -0.131. The number of fused-ring (bicyclic) bond motifs is 1. The lowest BCUT2D eigenvalue weighted by atomic mass is 9.82. The van der Waals surface area contributed by atoms with Crippen LogP contribution in [0.3, 0.4) is 0 Å². The topological polar surface area (TPSA) is 66.1 Å². The van der Waals surface area contributed by atoms with E-state index in [-0.39, 0.29) is 23.3 Å². The van der Waals surface area contributed by atoms with E-state index in [1.54, 1.807) is 0 Å². The van der Waals surface area contributed by atoms with Crippen LogP contribution in [0.15, 0.2) is 77.6 Å². The quantitative estimate of drug-likeness (QED) is 0.249. The number of nitrogens with one attached hydrogen (secondary N) is 1. The maximum atomic E-state index is 13.6. The summed E-state index contributed by atoms with van der Waals surface area (Å²) in [6.45, 7) is 0.918. The maximum absolute atomic E-state index is 13.6. The van der Waals surface area contributed by atoms with Crippen molar-refractivity contribution in [2.75, 3.05) is 6.54 Å². The first kappa shape index (κ1) is 28.1. The fraction of sp³-hybridized carbons (Fsp3) is 0.378. The summed E-state index contributed by atoms with van der Waals surface area (Å²) in [4.78, 5) is 37.2. The highest BCUT2D eigenvalue weighted by Gasteiger charge is 2.49. The van der Waals surface area contributed by atoms with E-state index in [2.05, 4.69) is 29.2 Å². The zero-order valence-corrected chi connectivity index (χ0v) is 25.3. The monoisotopic (exact) mass is 591 g/mol. The van der Waals surface area contributed by atoms with Gasteiger partial charge in [-0.2, -0.15) is 0 Å². The molecule has 2 saturated carbocycles. The molecule has 0 unspecified atom stereocenters. The van der Waals surface area contributed by atoms with Gasteiger partial charge in [-0.15, -0.1) is 0 Å². The van der Waals surface area contributed by atoms with Gasteiger partial charge in [0.15, 0.2) is 0 Å². The van der Waals surface area contributed by atoms with Gasteiger partial charge in [-0.25, -0.2) is 4.98 Å². The molecule has 3 aromatic carbocycles. The number of benzene rings is 3. The van der Waals surface area contributed by atoms with Gasteiger partial charge in [0, 0.05) is 11.6 Å². The molecule has 1 amide bonds. The molecule has 0 radical (unpaired) electrons. The normalized spacial score (nSPS) is 18.1. The smallest absolute Gasteiger partial charge is 0.256 e. The predicted molar refractivity (Wildman–Crippen MR) is 171 cm³/mol. The molecule has 1 N–H and O–H groups in total. The number of aromatic amines is 1. The third kappa shape index (κ3) is 5.80. The summed E-state index contributed by atoms with van der Waals surface area (Å²) in [6, 6.07) is 24.8. The molecule has 2 aliphatic carbocycles. The van der Waals surface area contributed by atoms with Crippen molar-refractivity contribution in [1.82, 2.24) is 14.9 Å². The van der Waals surface area contributed by atoms with Crippen molar-refractivity contribution in [3.8, 4) is 11.1 Å². The van der Waals surface area contributed by atoms with Crippen LogP contribution < -0.4 is 5.56 Å². The Labute approximate surface area is 258 Å². The van der Waals surface area contributed by atoms with Crippen LogP contribution in [0, 0.1) is 0 Å². The fourth-order valence-corrected chi connectivity index (χ4v) is 7.38. The summed E-state index contributed by atoms with van der Waals surface area (Å²) < 4.78 is 0. The summed E-state index contributed by atoms with van der Waals surface area (Å²) >= 11 is 6.20. The third-order valence-corrected chi connectivity index (χ3v) is 10.0. The molecule has 0 atom stereocenters. The average Bonchev–Trinajstić information content (AvgIpc) is 3.87. The van der Waals surface area contributed by atoms with E-state index in [9.17, 15) is 9.59 Å². The minimum Gasteiger partial charge on any atom is -0.338 e. The van der Waals surface area contributed by atoms with Crippen LogP contribution in [0.4, 0.5) is 0 Å². The van der Waals surface area contributed by atoms with Crippen LogP contribution in [-0.2, 0) is 29.6 Å². The largest absolute Gasteiger partial charge is 0.338 e. The van der Waals surface area contributed by atoms with Crippen molar-refractivity contribution < 1.29 is 4.79 Å². The molecule has 220 valence electrons. The molecule has 3 aliphatic rings. The molecule has 7 rings (SSSR count). The van der Waals surface area contributed by atoms with Crippen LogP contribution in [0.25, 0.3) is 11.1 Å². The summed E-state index contributed by atoms with van der Waals surface area (Å²) in [5.41, 5.74) is 6.90. The first-order valence-corrected chi connectivity index (χ1v) is 16.2. The molecule has 2 fully saturated rings. The number of aryl methyl sites for hydroxylation is 1. The Balaban J connectivity index is 1.10. The number of H-pyrrole nitrogens is 1. The Morgan fingerprint density at radius 1 is 0.930 bits per heavy atom. The summed E-state index contributed by atoms with van der Waals surface area (Å²) in [7, 11) is 0. The van der Waals surface area contributed by atoms with Gasteiger partial charge in [0.25, 0.3) is 5.56 Å². The van der Waals surface area contributed by atoms with E-state index in [4.69, 9.17) is 16.6 Å². The number of hydrogen-bond donors (Lipinski definition) is 1. The van der Waals surface area contributed by atoms with Gasteiger partial charge in [-0.05, 0) is 84.4 Å². The van der Waals surface area contributed by atoms with Crippen LogP contribution in [0.2, 0.25) is 5.02 Å². The van der Waals surface area contributed by atoms with Gasteiger partial charge in [0.05, 0.1) is 29.6 Å². The van der Waals surface area contributed by atoms with Crippen LogP contribution >= 0.6 is 11.6 Å². The summed E-state index contributed by atoms with van der Waals surface area (Å²) in [5.74, 6) is 1.47. The van der Waals surface area contributed by atoms with Crippen molar-refractivity contribution in [2.24, 2.45) is 0 Å². The number of nitrogens with zero attached hydrogens (tertiary/aromatic N) is 2. The van der Waals surface area contributed by atoms with Crippen LogP contribution in [0.5, 0.6) is 0 Å². The van der Waals surface area contributed by atoms with Crippen LogP contribution in [-0.4, -0.2) is 27.3 Å². The molecule has 2 heterocycles. The van der Waals surface area contributed by atoms with E-state index in [1.807, 2.05) is 53.4 Å². The van der Waals surface area contributed by atoms with Gasteiger partial charge in [-0.1, -0.05) is 91.5 Å². The Morgan fingerprint density at radius 2 is 1.70 bits per heavy atom. The van der Waals surface area contributed by atoms with Crippen molar-refractivity contribution >= 4 is 17.5 Å².